The SMILES string of the molecule is CC1CN=C(NC2CCS(=O)(=O)C2)S1. The average molecular weight is 234 g/mol. The number of sulfone groups is 1. The van der Waals surface area contributed by atoms with E-state index in [2.05, 4.69) is 17.2 Å². The van der Waals surface area contributed by atoms with E-state index in [0.29, 0.717) is 11.0 Å². The van der Waals surface area contributed by atoms with Gasteiger partial charge in [-0.25, -0.2) is 8.42 Å². The number of amidine groups is 1. The highest BCUT2D eigenvalue weighted by Gasteiger charge is 2.29. The van der Waals surface area contributed by atoms with E-state index in [0.717, 1.165) is 18.1 Å². The molecule has 2 rings (SSSR count). The first-order chi connectivity index (χ1) is 6.55. The summed E-state index contributed by atoms with van der Waals surface area (Å²) in [5, 5.41) is 4.64. The van der Waals surface area contributed by atoms with Crippen molar-refractivity contribution < 1.29 is 8.42 Å². The van der Waals surface area contributed by atoms with Gasteiger partial charge in [-0.2, -0.15) is 0 Å². The molecule has 1 fully saturated rings. The van der Waals surface area contributed by atoms with Gasteiger partial charge in [-0.1, -0.05) is 18.7 Å². The van der Waals surface area contributed by atoms with Gasteiger partial charge in [-0.15, -0.1) is 0 Å². The van der Waals surface area contributed by atoms with E-state index >= 15 is 0 Å². The fraction of sp³-hybridized carbons (Fsp3) is 0.875. The number of thioether (sulfide) groups is 1. The smallest absolute Gasteiger partial charge is 0.157 e. The maximum atomic E-state index is 11.2. The van der Waals surface area contributed by atoms with Crippen LogP contribution in [0.3, 0.4) is 0 Å². The van der Waals surface area contributed by atoms with E-state index in [4.69, 9.17) is 0 Å². The van der Waals surface area contributed by atoms with Crippen LogP contribution < -0.4 is 5.32 Å². The van der Waals surface area contributed by atoms with Crippen LogP contribution in [0.15, 0.2) is 4.99 Å². The van der Waals surface area contributed by atoms with Crippen molar-refractivity contribution in [2.75, 3.05) is 18.1 Å². The molecule has 0 aromatic rings. The first kappa shape index (κ1) is 10.3. The number of aliphatic imine (C=N–C) groups is 1. The number of rotatable bonds is 1. The fourth-order valence-electron chi connectivity index (χ4n) is 1.64. The maximum absolute atomic E-state index is 11.2. The zero-order chi connectivity index (χ0) is 10.2. The van der Waals surface area contributed by atoms with Crippen LogP contribution in [0.5, 0.6) is 0 Å². The van der Waals surface area contributed by atoms with Crippen LogP contribution in [-0.2, 0) is 9.84 Å². The molecule has 0 aromatic heterocycles. The van der Waals surface area contributed by atoms with Gasteiger partial charge < -0.3 is 5.32 Å². The predicted molar refractivity (Wildman–Crippen MR) is 59.5 cm³/mol. The largest absolute Gasteiger partial charge is 0.361 e. The van der Waals surface area contributed by atoms with Gasteiger partial charge in [0.2, 0.25) is 0 Å². The van der Waals surface area contributed by atoms with Gasteiger partial charge in [0, 0.05) is 11.3 Å². The van der Waals surface area contributed by atoms with Crippen molar-refractivity contribution in [1.82, 2.24) is 5.32 Å². The lowest BCUT2D eigenvalue weighted by molar-refractivity contribution is 0.600. The van der Waals surface area contributed by atoms with Crippen molar-refractivity contribution in [1.29, 1.82) is 0 Å². The van der Waals surface area contributed by atoms with Crippen molar-refractivity contribution in [3.8, 4) is 0 Å². The lowest BCUT2D eigenvalue weighted by Crippen LogP contribution is -2.33. The molecule has 2 aliphatic heterocycles. The Morgan fingerprint density at radius 3 is 2.86 bits per heavy atom. The first-order valence-electron chi connectivity index (χ1n) is 4.73. The summed E-state index contributed by atoms with van der Waals surface area (Å²) in [7, 11) is -2.78. The fourth-order valence-corrected chi connectivity index (χ4v) is 4.23. The van der Waals surface area contributed by atoms with E-state index in [1.165, 1.54) is 0 Å². The molecule has 1 saturated heterocycles. The lowest BCUT2D eigenvalue weighted by atomic mass is 10.3. The van der Waals surface area contributed by atoms with Crippen LogP contribution in [0, 0.1) is 0 Å². The molecule has 2 atom stereocenters. The van der Waals surface area contributed by atoms with Crippen LogP contribution in [0.2, 0.25) is 0 Å². The summed E-state index contributed by atoms with van der Waals surface area (Å²) < 4.78 is 22.4. The molecule has 14 heavy (non-hydrogen) atoms. The molecule has 2 aliphatic rings. The highest BCUT2D eigenvalue weighted by atomic mass is 32.2. The highest BCUT2D eigenvalue weighted by molar-refractivity contribution is 8.14. The first-order valence-corrected chi connectivity index (χ1v) is 7.43. The molecule has 0 amide bonds. The van der Waals surface area contributed by atoms with Crippen LogP contribution in [0.25, 0.3) is 0 Å². The molecule has 0 bridgehead atoms. The molecule has 80 valence electrons. The van der Waals surface area contributed by atoms with Crippen molar-refractivity contribution in [3.05, 3.63) is 0 Å². The lowest BCUT2D eigenvalue weighted by Gasteiger charge is -2.11. The van der Waals surface area contributed by atoms with Gasteiger partial charge in [0.25, 0.3) is 0 Å². The maximum Gasteiger partial charge on any atom is 0.157 e. The molecular weight excluding hydrogens is 220 g/mol. The quantitative estimate of drug-likeness (QED) is 0.707. The van der Waals surface area contributed by atoms with Crippen molar-refractivity contribution >= 4 is 26.8 Å². The summed E-state index contributed by atoms with van der Waals surface area (Å²) >= 11 is 1.70. The van der Waals surface area contributed by atoms with E-state index in [9.17, 15) is 8.42 Å². The van der Waals surface area contributed by atoms with Crippen LogP contribution in [-0.4, -0.2) is 42.9 Å². The van der Waals surface area contributed by atoms with Gasteiger partial charge in [0.05, 0.1) is 18.1 Å². The molecule has 2 heterocycles. The second-order valence-electron chi connectivity index (χ2n) is 3.82. The number of nitrogens with zero attached hydrogens (tertiary/aromatic N) is 1. The third-order valence-corrected chi connectivity index (χ3v) is 5.15. The van der Waals surface area contributed by atoms with E-state index in [-0.39, 0.29) is 11.8 Å². The molecule has 2 unspecified atom stereocenters. The summed E-state index contributed by atoms with van der Waals surface area (Å²) in [4.78, 5) is 4.30. The Balaban J connectivity index is 1.88. The zero-order valence-corrected chi connectivity index (χ0v) is 9.70. The van der Waals surface area contributed by atoms with Gasteiger partial charge in [-0.3, -0.25) is 4.99 Å². The summed E-state index contributed by atoms with van der Waals surface area (Å²) in [6, 6.07) is 0.0801. The Morgan fingerprint density at radius 1 is 1.57 bits per heavy atom. The topological polar surface area (TPSA) is 58.5 Å². The van der Waals surface area contributed by atoms with Crippen molar-refractivity contribution in [2.45, 2.75) is 24.6 Å². The second kappa shape index (κ2) is 3.73. The normalized spacial score (nSPS) is 35.6. The monoisotopic (exact) mass is 234 g/mol. The second-order valence-corrected chi connectivity index (χ2v) is 7.47. The average Bonchev–Trinajstić information content (AvgIpc) is 2.59. The number of hydrogen-bond donors (Lipinski definition) is 1. The van der Waals surface area contributed by atoms with Gasteiger partial charge in [0.15, 0.2) is 15.0 Å². The molecule has 1 N–H and O–H groups in total. The Hall–Kier alpha value is -0.230. The van der Waals surface area contributed by atoms with Crippen molar-refractivity contribution in [2.24, 2.45) is 4.99 Å². The minimum absolute atomic E-state index is 0.0801. The number of hydrogen-bond acceptors (Lipinski definition) is 5. The summed E-state index contributed by atoms with van der Waals surface area (Å²) in [5.41, 5.74) is 0. The van der Waals surface area contributed by atoms with Crippen molar-refractivity contribution in [3.63, 3.8) is 0 Å². The third kappa shape index (κ3) is 2.42. The third-order valence-electron chi connectivity index (χ3n) is 2.36. The number of nitrogens with one attached hydrogen (secondary N) is 1. The van der Waals surface area contributed by atoms with E-state index in [1.807, 2.05) is 0 Å². The molecular formula is C8H14N2O2S2. The predicted octanol–water partition coefficient (Wildman–Crippen LogP) is 0.254. The minimum Gasteiger partial charge on any atom is -0.361 e. The van der Waals surface area contributed by atoms with E-state index in [1.54, 1.807) is 11.8 Å². The summed E-state index contributed by atoms with van der Waals surface area (Å²) in [6.07, 6.45) is 0.719. The molecule has 0 saturated carbocycles. The highest BCUT2D eigenvalue weighted by Crippen LogP contribution is 2.20. The van der Waals surface area contributed by atoms with Crippen LogP contribution >= 0.6 is 11.8 Å². The standard InChI is InChI=1S/C8H14N2O2S2/c1-6-4-9-8(13-6)10-7-2-3-14(11,12)5-7/h6-7H,2-5H2,1H3,(H,9,10). The molecule has 0 aliphatic carbocycles. The van der Waals surface area contributed by atoms with Gasteiger partial charge in [-0.05, 0) is 6.42 Å². The Morgan fingerprint density at radius 2 is 2.36 bits per heavy atom. The van der Waals surface area contributed by atoms with Crippen LogP contribution in [0.1, 0.15) is 13.3 Å². The molecule has 6 heteroatoms. The Bertz CT molecular complexity index is 350. The Labute approximate surface area is 88.5 Å². The van der Waals surface area contributed by atoms with E-state index < -0.39 is 9.84 Å². The summed E-state index contributed by atoms with van der Waals surface area (Å²) in [5.74, 6) is 0.582. The molecule has 4 nitrogen and oxygen atoms in total. The molecule has 0 aromatic carbocycles. The molecule has 0 spiro atoms. The van der Waals surface area contributed by atoms with Crippen LogP contribution in [0.4, 0.5) is 0 Å². The summed E-state index contributed by atoms with van der Waals surface area (Å²) in [6.45, 7) is 2.96. The Kier molecular flexibility index (Phi) is 2.74. The van der Waals surface area contributed by atoms with Gasteiger partial charge in [0.1, 0.15) is 0 Å². The van der Waals surface area contributed by atoms with Gasteiger partial charge >= 0.3 is 0 Å². The minimum atomic E-state index is -2.78. The zero-order valence-electron chi connectivity index (χ0n) is 8.06. The molecule has 0 radical (unpaired) electrons.